The molecule has 0 aliphatic heterocycles. The number of rotatable bonds is 7. The Morgan fingerprint density at radius 2 is 1.73 bits per heavy atom. The van der Waals surface area contributed by atoms with Gasteiger partial charge in [-0.3, -0.25) is 4.79 Å². The second kappa shape index (κ2) is 9.04. The van der Waals surface area contributed by atoms with Gasteiger partial charge in [0.2, 0.25) is 0 Å². The summed E-state index contributed by atoms with van der Waals surface area (Å²) < 4.78 is 0. The minimum Gasteiger partial charge on any atom is -0.480 e. The number of nitrogens with one attached hydrogen (secondary N) is 2. The Hall–Kier alpha value is -3.94. The van der Waals surface area contributed by atoms with E-state index in [9.17, 15) is 14.7 Å². The lowest BCUT2D eigenvalue weighted by molar-refractivity contribution is -0.140. The number of nitrogen functional groups attached to an aromatic ring is 1. The van der Waals surface area contributed by atoms with E-state index >= 15 is 0 Å². The molecule has 5 N–H and O–H groups in total. The first-order chi connectivity index (χ1) is 14.3. The molecule has 30 heavy (non-hydrogen) atoms. The first-order valence-corrected chi connectivity index (χ1v) is 9.44. The predicted molar refractivity (Wildman–Crippen MR) is 115 cm³/mol. The second-order valence-electron chi connectivity index (χ2n) is 7.17. The summed E-state index contributed by atoms with van der Waals surface area (Å²) in [6.07, 6.45) is 0. The third-order valence-electron chi connectivity index (χ3n) is 4.49. The lowest BCUT2D eigenvalue weighted by Crippen LogP contribution is -2.44. The molecule has 1 unspecified atom stereocenters. The van der Waals surface area contributed by atoms with Crippen LogP contribution in [0.5, 0.6) is 0 Å². The van der Waals surface area contributed by atoms with Crippen LogP contribution >= 0.6 is 0 Å². The maximum atomic E-state index is 12.3. The van der Waals surface area contributed by atoms with Crippen molar-refractivity contribution >= 4 is 29.1 Å². The van der Waals surface area contributed by atoms with Gasteiger partial charge in [-0.1, -0.05) is 32.0 Å². The van der Waals surface area contributed by atoms with Crippen LogP contribution in [0.3, 0.4) is 0 Å². The van der Waals surface area contributed by atoms with E-state index in [1.165, 1.54) is 0 Å². The predicted octanol–water partition coefficient (Wildman–Crippen LogP) is 3.31. The van der Waals surface area contributed by atoms with Gasteiger partial charge in [0.05, 0.1) is 5.69 Å². The van der Waals surface area contributed by atoms with Gasteiger partial charge in [-0.15, -0.1) is 10.2 Å². The highest BCUT2D eigenvalue weighted by atomic mass is 16.4. The van der Waals surface area contributed by atoms with E-state index < -0.39 is 17.9 Å². The molecule has 3 rings (SSSR count). The van der Waals surface area contributed by atoms with Crippen LogP contribution in [-0.4, -0.2) is 33.2 Å². The van der Waals surface area contributed by atoms with Crippen LogP contribution in [0, 0.1) is 5.92 Å². The average Bonchev–Trinajstić information content (AvgIpc) is 2.72. The summed E-state index contributed by atoms with van der Waals surface area (Å²) >= 11 is 0. The Morgan fingerprint density at radius 1 is 1.00 bits per heavy atom. The van der Waals surface area contributed by atoms with Crippen molar-refractivity contribution in [2.45, 2.75) is 19.9 Å². The Bertz CT molecular complexity index is 1030. The largest absolute Gasteiger partial charge is 0.480 e. The molecule has 0 aliphatic rings. The molecule has 154 valence electrons. The van der Waals surface area contributed by atoms with E-state index in [2.05, 4.69) is 20.8 Å². The van der Waals surface area contributed by atoms with Crippen LogP contribution in [0.15, 0.2) is 60.7 Å². The Kier molecular flexibility index (Phi) is 6.26. The number of carbonyl (C=O) groups is 2. The maximum absolute atomic E-state index is 12.3. The van der Waals surface area contributed by atoms with Crippen LogP contribution in [-0.2, 0) is 4.79 Å². The number of benzene rings is 2. The number of aromatic nitrogens is 2. The number of carbonyl (C=O) groups excluding carboxylic acids is 1. The van der Waals surface area contributed by atoms with Crippen molar-refractivity contribution in [2.24, 2.45) is 5.92 Å². The van der Waals surface area contributed by atoms with E-state index in [4.69, 9.17) is 5.73 Å². The number of anilines is 3. The van der Waals surface area contributed by atoms with Crippen molar-refractivity contribution in [3.63, 3.8) is 0 Å². The zero-order valence-corrected chi connectivity index (χ0v) is 16.7. The monoisotopic (exact) mass is 405 g/mol. The summed E-state index contributed by atoms with van der Waals surface area (Å²) in [5.41, 5.74) is 9.03. The van der Waals surface area contributed by atoms with Crippen molar-refractivity contribution in [2.75, 3.05) is 11.1 Å². The first-order valence-electron chi connectivity index (χ1n) is 9.44. The number of nitrogens with two attached hydrogens (primary N) is 1. The molecule has 2 aromatic carbocycles. The van der Waals surface area contributed by atoms with Gasteiger partial charge in [0, 0.05) is 22.5 Å². The minimum absolute atomic E-state index is 0.222. The average molecular weight is 405 g/mol. The molecule has 1 atom stereocenters. The highest BCUT2D eigenvalue weighted by molar-refractivity contribution is 5.97. The summed E-state index contributed by atoms with van der Waals surface area (Å²) in [6.45, 7) is 3.48. The molecule has 0 saturated heterocycles. The van der Waals surface area contributed by atoms with Gasteiger partial charge in [0.15, 0.2) is 5.82 Å². The van der Waals surface area contributed by atoms with Crippen molar-refractivity contribution in [1.82, 2.24) is 15.5 Å². The number of amides is 1. The molecule has 0 bridgehead atoms. The third kappa shape index (κ3) is 5.11. The number of carboxylic acids is 1. The van der Waals surface area contributed by atoms with Crippen molar-refractivity contribution < 1.29 is 14.7 Å². The van der Waals surface area contributed by atoms with Crippen molar-refractivity contribution in [3.8, 4) is 11.3 Å². The van der Waals surface area contributed by atoms with Crippen LogP contribution in [0.25, 0.3) is 11.3 Å². The Balaban J connectivity index is 1.68. The summed E-state index contributed by atoms with van der Waals surface area (Å²) in [7, 11) is 0. The molecule has 0 fully saturated rings. The van der Waals surface area contributed by atoms with Crippen LogP contribution < -0.4 is 16.4 Å². The Morgan fingerprint density at radius 3 is 2.30 bits per heavy atom. The van der Waals surface area contributed by atoms with Gasteiger partial charge in [-0.05, 0) is 48.4 Å². The topological polar surface area (TPSA) is 130 Å². The number of carboxylic acid groups (broad SMARTS) is 1. The molecule has 0 aliphatic carbocycles. The van der Waals surface area contributed by atoms with E-state index in [1.54, 1.807) is 56.3 Å². The first kappa shape index (κ1) is 20.8. The van der Waals surface area contributed by atoms with Crippen LogP contribution in [0.2, 0.25) is 0 Å². The molecule has 0 radical (unpaired) electrons. The molecule has 0 saturated carbocycles. The molecular weight excluding hydrogens is 382 g/mol. The quantitative estimate of drug-likeness (QED) is 0.444. The van der Waals surface area contributed by atoms with Gasteiger partial charge in [-0.25, -0.2) is 4.79 Å². The Labute approximate surface area is 174 Å². The van der Waals surface area contributed by atoms with Gasteiger partial charge < -0.3 is 21.5 Å². The lowest BCUT2D eigenvalue weighted by atomic mass is 10.0. The van der Waals surface area contributed by atoms with E-state index in [0.717, 1.165) is 11.3 Å². The number of aliphatic carboxylic acids is 1. The molecular formula is C22H23N5O3. The zero-order valence-electron chi connectivity index (χ0n) is 16.7. The standard InChI is InChI=1S/C22H23N5O3/c1-13(2)20(22(29)30)25-21(28)15-8-6-14(7-9-15)18-10-11-19(27-26-18)24-17-5-3-4-16(23)12-17/h3-13,20H,23H2,1-2H3,(H,24,27)(H,25,28)(H,29,30). The van der Waals surface area contributed by atoms with Gasteiger partial charge in [-0.2, -0.15) is 0 Å². The number of nitrogens with zero attached hydrogens (tertiary/aromatic N) is 2. The maximum Gasteiger partial charge on any atom is 0.326 e. The summed E-state index contributed by atoms with van der Waals surface area (Å²) in [6, 6.07) is 16.7. The molecule has 1 aromatic heterocycles. The minimum atomic E-state index is -1.06. The molecule has 1 heterocycles. The highest BCUT2D eigenvalue weighted by Crippen LogP contribution is 2.20. The van der Waals surface area contributed by atoms with E-state index in [-0.39, 0.29) is 5.92 Å². The second-order valence-corrected chi connectivity index (χ2v) is 7.17. The smallest absolute Gasteiger partial charge is 0.326 e. The number of hydrogen-bond acceptors (Lipinski definition) is 6. The molecule has 8 nitrogen and oxygen atoms in total. The fraction of sp³-hybridized carbons (Fsp3) is 0.182. The van der Waals surface area contributed by atoms with Gasteiger partial charge in [0.1, 0.15) is 6.04 Å². The van der Waals surface area contributed by atoms with Crippen LogP contribution in [0.4, 0.5) is 17.2 Å². The molecule has 3 aromatic rings. The summed E-state index contributed by atoms with van der Waals surface area (Å²) in [4.78, 5) is 23.6. The van der Waals surface area contributed by atoms with Crippen molar-refractivity contribution in [3.05, 3.63) is 66.2 Å². The highest BCUT2D eigenvalue weighted by Gasteiger charge is 2.23. The fourth-order valence-electron chi connectivity index (χ4n) is 2.85. The third-order valence-corrected chi connectivity index (χ3v) is 4.49. The van der Waals surface area contributed by atoms with Crippen molar-refractivity contribution in [1.29, 1.82) is 0 Å². The SMILES string of the molecule is CC(C)C(NC(=O)c1ccc(-c2ccc(Nc3cccc(N)c3)nn2)cc1)C(=O)O. The van der Waals surface area contributed by atoms with E-state index in [0.29, 0.717) is 22.8 Å². The summed E-state index contributed by atoms with van der Waals surface area (Å²) in [5, 5.41) is 23.3. The molecule has 8 heteroatoms. The van der Waals surface area contributed by atoms with E-state index in [1.807, 2.05) is 18.2 Å². The lowest BCUT2D eigenvalue weighted by Gasteiger charge is -2.17. The van der Waals surface area contributed by atoms with Gasteiger partial charge in [0.25, 0.3) is 5.91 Å². The summed E-state index contributed by atoms with van der Waals surface area (Å²) in [5.74, 6) is -1.14. The molecule has 0 spiro atoms. The fourth-order valence-corrected chi connectivity index (χ4v) is 2.85. The molecule has 1 amide bonds. The zero-order chi connectivity index (χ0) is 21.7. The number of hydrogen-bond donors (Lipinski definition) is 4. The van der Waals surface area contributed by atoms with Gasteiger partial charge >= 0.3 is 5.97 Å². The normalized spacial score (nSPS) is 11.7. The van der Waals surface area contributed by atoms with Crippen LogP contribution in [0.1, 0.15) is 24.2 Å².